The molecule has 1 unspecified atom stereocenters. The predicted molar refractivity (Wildman–Crippen MR) is 60.0 cm³/mol. The van der Waals surface area contributed by atoms with Crippen molar-refractivity contribution < 1.29 is 19.4 Å². The molecule has 1 aromatic rings. The molecule has 0 fully saturated rings. The first-order chi connectivity index (χ1) is 8.02. The average molecular weight is 238 g/mol. The fraction of sp³-hybridized carbons (Fsp3) is 0.364. The molecule has 1 amide bonds. The molecule has 0 aromatic carbocycles. The van der Waals surface area contributed by atoms with Gasteiger partial charge in [0.2, 0.25) is 5.88 Å². The molecular formula is C11H14N2O4. The van der Waals surface area contributed by atoms with E-state index in [-0.39, 0.29) is 12.3 Å². The number of aromatic nitrogens is 1. The maximum atomic E-state index is 11.7. The molecule has 0 aliphatic carbocycles. The van der Waals surface area contributed by atoms with E-state index in [0.29, 0.717) is 11.4 Å². The molecule has 0 aliphatic heterocycles. The minimum atomic E-state index is -0.953. The lowest BCUT2D eigenvalue weighted by molar-refractivity contribution is -0.137. The SMILES string of the molecule is COc1ccc(C(=O)NC(C)CC(=O)O)cn1. The van der Waals surface area contributed by atoms with Crippen LogP contribution < -0.4 is 10.1 Å². The van der Waals surface area contributed by atoms with Crippen LogP contribution in [0.2, 0.25) is 0 Å². The molecule has 0 aliphatic rings. The molecule has 1 rings (SSSR count). The number of nitrogens with zero attached hydrogens (tertiary/aromatic N) is 1. The van der Waals surface area contributed by atoms with Crippen molar-refractivity contribution in [2.75, 3.05) is 7.11 Å². The van der Waals surface area contributed by atoms with Gasteiger partial charge in [-0.15, -0.1) is 0 Å². The molecule has 0 saturated carbocycles. The van der Waals surface area contributed by atoms with Gasteiger partial charge in [0.05, 0.1) is 19.1 Å². The van der Waals surface area contributed by atoms with Crippen molar-refractivity contribution in [3.8, 4) is 5.88 Å². The number of carbonyl (C=O) groups excluding carboxylic acids is 1. The number of nitrogens with one attached hydrogen (secondary N) is 1. The summed E-state index contributed by atoms with van der Waals surface area (Å²) in [5, 5.41) is 11.1. The van der Waals surface area contributed by atoms with E-state index in [1.54, 1.807) is 19.1 Å². The Morgan fingerprint density at radius 3 is 2.71 bits per heavy atom. The van der Waals surface area contributed by atoms with E-state index in [9.17, 15) is 9.59 Å². The van der Waals surface area contributed by atoms with Gasteiger partial charge in [0.15, 0.2) is 0 Å². The van der Waals surface area contributed by atoms with Crippen LogP contribution in [0.5, 0.6) is 5.88 Å². The zero-order valence-corrected chi connectivity index (χ0v) is 9.64. The van der Waals surface area contributed by atoms with Crippen molar-refractivity contribution in [2.45, 2.75) is 19.4 Å². The molecule has 0 bridgehead atoms. The van der Waals surface area contributed by atoms with Crippen LogP contribution in [0.1, 0.15) is 23.7 Å². The molecule has 0 radical (unpaired) electrons. The Balaban J connectivity index is 2.60. The lowest BCUT2D eigenvalue weighted by Gasteiger charge is -2.11. The van der Waals surface area contributed by atoms with E-state index in [4.69, 9.17) is 9.84 Å². The highest BCUT2D eigenvalue weighted by Gasteiger charge is 2.12. The summed E-state index contributed by atoms with van der Waals surface area (Å²) >= 11 is 0. The molecule has 6 nitrogen and oxygen atoms in total. The Labute approximate surface area is 98.6 Å². The number of amides is 1. The van der Waals surface area contributed by atoms with Gasteiger partial charge in [-0.1, -0.05) is 0 Å². The Morgan fingerprint density at radius 2 is 2.24 bits per heavy atom. The summed E-state index contributed by atoms with van der Waals surface area (Å²) in [4.78, 5) is 26.0. The summed E-state index contributed by atoms with van der Waals surface area (Å²) < 4.78 is 4.86. The van der Waals surface area contributed by atoms with Crippen molar-refractivity contribution in [1.29, 1.82) is 0 Å². The molecule has 0 saturated heterocycles. The Kier molecular flexibility index (Phi) is 4.45. The Morgan fingerprint density at radius 1 is 1.53 bits per heavy atom. The number of carboxylic acids is 1. The standard InChI is InChI=1S/C11H14N2O4/c1-7(5-10(14)15)13-11(16)8-3-4-9(17-2)12-6-8/h3-4,6-7H,5H2,1-2H3,(H,13,16)(H,14,15). The second-order valence-corrected chi connectivity index (χ2v) is 3.56. The average Bonchev–Trinajstić information content (AvgIpc) is 2.28. The van der Waals surface area contributed by atoms with Gasteiger partial charge in [-0.25, -0.2) is 4.98 Å². The number of ether oxygens (including phenoxy) is 1. The number of carbonyl (C=O) groups is 2. The highest BCUT2D eigenvalue weighted by Crippen LogP contribution is 2.06. The van der Waals surface area contributed by atoms with E-state index < -0.39 is 12.0 Å². The number of methoxy groups -OCH3 is 1. The minimum Gasteiger partial charge on any atom is -0.481 e. The first kappa shape index (κ1) is 13.0. The van der Waals surface area contributed by atoms with Crippen LogP contribution in [0, 0.1) is 0 Å². The third kappa shape index (κ3) is 4.10. The van der Waals surface area contributed by atoms with Crippen molar-refractivity contribution in [1.82, 2.24) is 10.3 Å². The second-order valence-electron chi connectivity index (χ2n) is 3.56. The van der Waals surface area contributed by atoms with Crippen molar-refractivity contribution >= 4 is 11.9 Å². The van der Waals surface area contributed by atoms with Crippen LogP contribution in [0.25, 0.3) is 0 Å². The fourth-order valence-electron chi connectivity index (χ4n) is 1.26. The van der Waals surface area contributed by atoms with E-state index >= 15 is 0 Å². The highest BCUT2D eigenvalue weighted by molar-refractivity contribution is 5.94. The van der Waals surface area contributed by atoms with Crippen molar-refractivity contribution in [2.24, 2.45) is 0 Å². The topological polar surface area (TPSA) is 88.5 Å². The van der Waals surface area contributed by atoms with Gasteiger partial charge in [0, 0.05) is 18.3 Å². The Bertz CT molecular complexity index is 402. The maximum absolute atomic E-state index is 11.7. The second kappa shape index (κ2) is 5.83. The molecule has 1 heterocycles. The van der Waals surface area contributed by atoms with Crippen LogP contribution in [0.15, 0.2) is 18.3 Å². The first-order valence-corrected chi connectivity index (χ1v) is 5.05. The van der Waals surface area contributed by atoms with E-state index in [1.165, 1.54) is 13.3 Å². The molecule has 1 atom stereocenters. The zero-order valence-electron chi connectivity index (χ0n) is 9.64. The van der Waals surface area contributed by atoms with Gasteiger partial charge in [-0.05, 0) is 13.0 Å². The molecule has 0 spiro atoms. The number of pyridine rings is 1. The molecular weight excluding hydrogens is 224 g/mol. The number of aliphatic carboxylic acids is 1. The van der Waals surface area contributed by atoms with Gasteiger partial charge in [-0.2, -0.15) is 0 Å². The quantitative estimate of drug-likeness (QED) is 0.787. The smallest absolute Gasteiger partial charge is 0.305 e. The lowest BCUT2D eigenvalue weighted by atomic mass is 10.2. The van der Waals surface area contributed by atoms with Crippen LogP contribution in [-0.4, -0.2) is 35.1 Å². The van der Waals surface area contributed by atoms with Gasteiger partial charge >= 0.3 is 5.97 Å². The van der Waals surface area contributed by atoms with Crippen LogP contribution in [-0.2, 0) is 4.79 Å². The lowest BCUT2D eigenvalue weighted by Crippen LogP contribution is -2.34. The molecule has 17 heavy (non-hydrogen) atoms. The van der Waals surface area contributed by atoms with Crippen LogP contribution in [0.4, 0.5) is 0 Å². The summed E-state index contributed by atoms with van der Waals surface area (Å²) in [7, 11) is 1.48. The van der Waals surface area contributed by atoms with Gasteiger partial charge < -0.3 is 15.2 Å². The van der Waals surface area contributed by atoms with Crippen LogP contribution >= 0.6 is 0 Å². The predicted octanol–water partition coefficient (Wildman–Crippen LogP) is 0.683. The fourth-order valence-corrected chi connectivity index (χ4v) is 1.26. The van der Waals surface area contributed by atoms with Crippen molar-refractivity contribution in [3.63, 3.8) is 0 Å². The summed E-state index contributed by atoms with van der Waals surface area (Å²) in [6, 6.07) is 2.70. The summed E-state index contributed by atoms with van der Waals surface area (Å²) in [6.07, 6.45) is 1.26. The highest BCUT2D eigenvalue weighted by atomic mass is 16.5. The van der Waals surface area contributed by atoms with Gasteiger partial charge in [0.1, 0.15) is 0 Å². The molecule has 6 heteroatoms. The number of hydrogen-bond acceptors (Lipinski definition) is 4. The van der Waals surface area contributed by atoms with Gasteiger partial charge in [-0.3, -0.25) is 9.59 Å². The van der Waals surface area contributed by atoms with E-state index in [0.717, 1.165) is 0 Å². The van der Waals surface area contributed by atoms with E-state index in [1.807, 2.05) is 0 Å². The normalized spacial score (nSPS) is 11.6. The molecule has 1 aromatic heterocycles. The largest absolute Gasteiger partial charge is 0.481 e. The minimum absolute atomic E-state index is 0.116. The van der Waals surface area contributed by atoms with E-state index in [2.05, 4.69) is 10.3 Å². The summed E-state index contributed by atoms with van der Waals surface area (Å²) in [5.74, 6) is -0.889. The van der Waals surface area contributed by atoms with Crippen LogP contribution in [0.3, 0.4) is 0 Å². The van der Waals surface area contributed by atoms with Crippen molar-refractivity contribution in [3.05, 3.63) is 23.9 Å². The van der Waals surface area contributed by atoms with Gasteiger partial charge in [0.25, 0.3) is 5.91 Å². The zero-order chi connectivity index (χ0) is 12.8. The Hall–Kier alpha value is -2.11. The number of rotatable bonds is 5. The monoisotopic (exact) mass is 238 g/mol. The third-order valence-corrected chi connectivity index (χ3v) is 2.07. The first-order valence-electron chi connectivity index (χ1n) is 5.05. The number of carboxylic acid groups (broad SMARTS) is 1. The number of hydrogen-bond donors (Lipinski definition) is 2. The maximum Gasteiger partial charge on any atom is 0.305 e. The molecule has 92 valence electrons. The molecule has 2 N–H and O–H groups in total. The third-order valence-electron chi connectivity index (χ3n) is 2.07. The summed E-state index contributed by atoms with van der Waals surface area (Å²) in [6.45, 7) is 1.63. The summed E-state index contributed by atoms with van der Waals surface area (Å²) in [5.41, 5.74) is 0.364.